The Bertz CT molecular complexity index is 626. The van der Waals surface area contributed by atoms with E-state index in [-0.39, 0.29) is 0 Å². The van der Waals surface area contributed by atoms with E-state index in [1.807, 2.05) is 6.20 Å². The number of hydrogen-bond donors (Lipinski definition) is 1. The van der Waals surface area contributed by atoms with Gasteiger partial charge in [0.25, 0.3) is 0 Å². The molecule has 4 rings (SSSR count). The van der Waals surface area contributed by atoms with E-state index in [1.54, 1.807) is 6.07 Å². The van der Waals surface area contributed by atoms with Gasteiger partial charge in [-0.1, -0.05) is 0 Å². The van der Waals surface area contributed by atoms with Gasteiger partial charge in [-0.2, -0.15) is 0 Å². The minimum atomic E-state index is 0.572. The molecule has 0 amide bonds. The van der Waals surface area contributed by atoms with Crippen LogP contribution in [0.4, 0.5) is 5.82 Å². The molecule has 2 aliphatic heterocycles. The fraction of sp³-hybridized carbons (Fsp3) is 0.417. The molecule has 4 heterocycles. The van der Waals surface area contributed by atoms with Gasteiger partial charge in [-0.3, -0.25) is 4.79 Å². The van der Waals surface area contributed by atoms with Crippen LogP contribution in [-0.2, 0) is 0 Å². The first-order valence-electron chi connectivity index (χ1n) is 6.04. The van der Waals surface area contributed by atoms with Gasteiger partial charge in [-0.25, -0.2) is 9.97 Å². The molecule has 2 aliphatic rings. The van der Waals surface area contributed by atoms with Crippen molar-refractivity contribution in [2.45, 2.75) is 6.04 Å². The maximum Gasteiger partial charge on any atom is 0.160 e. The molecule has 5 nitrogen and oxygen atoms in total. The number of aldehydes is 1. The molecule has 2 fully saturated rings. The Hall–Kier alpha value is -1.53. The topological polar surface area (TPSA) is 58.1 Å². The van der Waals surface area contributed by atoms with Crippen molar-refractivity contribution in [3.05, 3.63) is 17.1 Å². The van der Waals surface area contributed by atoms with Crippen LogP contribution in [0.5, 0.6) is 0 Å². The van der Waals surface area contributed by atoms with Gasteiger partial charge in [0.2, 0.25) is 0 Å². The van der Waals surface area contributed by atoms with Crippen LogP contribution in [0.1, 0.15) is 9.67 Å². The van der Waals surface area contributed by atoms with Crippen molar-refractivity contribution in [2.24, 2.45) is 5.92 Å². The maximum atomic E-state index is 10.7. The van der Waals surface area contributed by atoms with Gasteiger partial charge in [0, 0.05) is 31.6 Å². The third-order valence-electron chi connectivity index (χ3n) is 3.79. The van der Waals surface area contributed by atoms with Crippen LogP contribution in [-0.4, -0.2) is 41.9 Å². The largest absolute Gasteiger partial charge is 0.350 e. The first kappa shape index (κ1) is 10.4. The highest BCUT2D eigenvalue weighted by molar-refractivity contribution is 7.20. The van der Waals surface area contributed by atoms with Crippen LogP contribution in [0.25, 0.3) is 10.3 Å². The van der Waals surface area contributed by atoms with Gasteiger partial charge in [0.1, 0.15) is 16.2 Å². The highest BCUT2D eigenvalue weighted by Gasteiger charge is 2.42. The highest BCUT2D eigenvalue weighted by Crippen LogP contribution is 2.33. The van der Waals surface area contributed by atoms with Gasteiger partial charge in [0.15, 0.2) is 6.29 Å². The first-order valence-corrected chi connectivity index (χ1v) is 6.86. The van der Waals surface area contributed by atoms with Crippen molar-refractivity contribution in [3.63, 3.8) is 0 Å². The fourth-order valence-electron chi connectivity index (χ4n) is 2.80. The Labute approximate surface area is 108 Å². The third-order valence-corrected chi connectivity index (χ3v) is 4.74. The molecule has 0 aromatic carbocycles. The van der Waals surface area contributed by atoms with Crippen molar-refractivity contribution in [3.8, 4) is 0 Å². The Balaban J connectivity index is 1.70. The van der Waals surface area contributed by atoms with Crippen molar-refractivity contribution in [2.75, 3.05) is 24.5 Å². The summed E-state index contributed by atoms with van der Waals surface area (Å²) in [6.07, 6.45) is 2.67. The summed E-state index contributed by atoms with van der Waals surface area (Å²) in [6.45, 7) is 3.21. The molecule has 2 unspecified atom stereocenters. The third kappa shape index (κ3) is 1.39. The van der Waals surface area contributed by atoms with Crippen LogP contribution in [0.15, 0.2) is 12.3 Å². The Kier molecular flexibility index (Phi) is 2.15. The number of nitrogens with one attached hydrogen (secondary N) is 1. The number of hydrogen-bond acceptors (Lipinski definition) is 6. The molecule has 0 bridgehead atoms. The zero-order valence-electron chi connectivity index (χ0n) is 9.67. The summed E-state index contributed by atoms with van der Waals surface area (Å²) in [5.74, 6) is 1.70. The average molecular weight is 260 g/mol. The Morgan fingerprint density at radius 1 is 1.50 bits per heavy atom. The lowest BCUT2D eigenvalue weighted by Gasteiger charge is -2.44. The number of fused-ring (bicyclic) bond motifs is 2. The van der Waals surface area contributed by atoms with Crippen LogP contribution in [0.2, 0.25) is 0 Å². The van der Waals surface area contributed by atoms with Crippen LogP contribution in [0.3, 0.4) is 0 Å². The number of aromatic nitrogens is 2. The molecule has 92 valence electrons. The molecule has 0 radical (unpaired) electrons. The van der Waals surface area contributed by atoms with Crippen LogP contribution in [0, 0.1) is 5.92 Å². The lowest BCUT2D eigenvalue weighted by Crippen LogP contribution is -2.56. The fourth-order valence-corrected chi connectivity index (χ4v) is 3.60. The standard InChI is InChI=1S/C12H12N4OS/c17-6-8-1-9-12(18-8)15-11(4-14-9)16-5-7-2-13-3-10(7)16/h1,4,6-7,10,13H,2-3,5H2. The van der Waals surface area contributed by atoms with Crippen molar-refractivity contribution in [1.82, 2.24) is 15.3 Å². The molecule has 6 heteroatoms. The van der Waals surface area contributed by atoms with Crippen molar-refractivity contribution in [1.29, 1.82) is 0 Å². The molecule has 2 aromatic heterocycles. The van der Waals surface area contributed by atoms with E-state index < -0.39 is 0 Å². The lowest BCUT2D eigenvalue weighted by molar-refractivity contribution is 0.112. The summed E-state index contributed by atoms with van der Waals surface area (Å²) in [5.41, 5.74) is 0.812. The van der Waals surface area contributed by atoms with Crippen molar-refractivity contribution < 1.29 is 4.79 Å². The quantitative estimate of drug-likeness (QED) is 0.813. The van der Waals surface area contributed by atoms with Gasteiger partial charge >= 0.3 is 0 Å². The second-order valence-corrected chi connectivity index (χ2v) is 5.89. The van der Waals surface area contributed by atoms with E-state index in [4.69, 9.17) is 0 Å². The molecule has 0 spiro atoms. The Morgan fingerprint density at radius 2 is 2.44 bits per heavy atom. The maximum absolute atomic E-state index is 10.7. The minimum Gasteiger partial charge on any atom is -0.350 e. The van der Waals surface area contributed by atoms with Gasteiger partial charge < -0.3 is 10.2 Å². The molecule has 2 saturated heterocycles. The van der Waals surface area contributed by atoms with E-state index >= 15 is 0 Å². The normalized spacial score (nSPS) is 26.1. The average Bonchev–Trinajstić information content (AvgIpc) is 2.93. The number of carbonyl (C=O) groups excluding carboxylic acids is 1. The van der Waals surface area contributed by atoms with E-state index in [0.29, 0.717) is 10.9 Å². The summed E-state index contributed by atoms with van der Waals surface area (Å²) in [5, 5.41) is 3.40. The van der Waals surface area contributed by atoms with E-state index in [2.05, 4.69) is 20.2 Å². The Morgan fingerprint density at radius 3 is 3.28 bits per heavy atom. The van der Waals surface area contributed by atoms with Crippen LogP contribution < -0.4 is 10.2 Å². The first-order chi connectivity index (χ1) is 8.85. The molecular weight excluding hydrogens is 248 g/mol. The predicted molar refractivity (Wildman–Crippen MR) is 70.3 cm³/mol. The summed E-state index contributed by atoms with van der Waals surface area (Å²) in [4.78, 5) is 23.6. The molecule has 18 heavy (non-hydrogen) atoms. The van der Waals surface area contributed by atoms with E-state index in [9.17, 15) is 4.79 Å². The summed E-state index contributed by atoms with van der Waals surface area (Å²) >= 11 is 1.40. The smallest absolute Gasteiger partial charge is 0.160 e. The molecule has 1 N–H and O–H groups in total. The second kappa shape index (κ2) is 3.73. The number of anilines is 1. The summed E-state index contributed by atoms with van der Waals surface area (Å²) in [7, 11) is 0. The van der Waals surface area contributed by atoms with Gasteiger partial charge in [-0.05, 0) is 6.07 Å². The van der Waals surface area contributed by atoms with Crippen LogP contribution >= 0.6 is 11.3 Å². The minimum absolute atomic E-state index is 0.572. The summed E-state index contributed by atoms with van der Waals surface area (Å²) < 4.78 is 0. The monoisotopic (exact) mass is 260 g/mol. The second-order valence-electron chi connectivity index (χ2n) is 4.82. The molecular formula is C12H12N4OS. The predicted octanol–water partition coefficient (Wildman–Crippen LogP) is 0.912. The van der Waals surface area contributed by atoms with Gasteiger partial charge in [-0.15, -0.1) is 11.3 Å². The number of thiophene rings is 1. The lowest BCUT2D eigenvalue weighted by atomic mass is 9.92. The van der Waals surface area contributed by atoms with E-state index in [1.165, 1.54) is 11.3 Å². The molecule has 0 aliphatic carbocycles. The molecule has 2 atom stereocenters. The SMILES string of the molecule is O=Cc1cc2ncc(N3CC4CNCC43)nc2s1. The number of rotatable bonds is 2. The van der Waals surface area contributed by atoms with E-state index in [0.717, 1.165) is 48.0 Å². The van der Waals surface area contributed by atoms with Crippen molar-refractivity contribution >= 4 is 33.8 Å². The van der Waals surface area contributed by atoms with Gasteiger partial charge in [0.05, 0.1) is 11.1 Å². The zero-order chi connectivity index (χ0) is 12.1. The molecule has 0 saturated carbocycles. The zero-order valence-corrected chi connectivity index (χ0v) is 10.5. The molecule has 2 aromatic rings. The summed E-state index contributed by atoms with van der Waals surface area (Å²) in [6, 6.07) is 2.36. The number of nitrogens with zero attached hydrogens (tertiary/aromatic N) is 3. The highest BCUT2D eigenvalue weighted by atomic mass is 32.1. The number of carbonyl (C=O) groups is 1.